The fourth-order valence-electron chi connectivity index (χ4n) is 3.20. The number of allylic oxidation sites excluding steroid dienone is 1. The summed E-state index contributed by atoms with van der Waals surface area (Å²) in [7, 11) is 0. The molecule has 0 bridgehead atoms. The highest BCUT2D eigenvalue weighted by Crippen LogP contribution is 2.29. The first-order chi connectivity index (χ1) is 13.1. The van der Waals surface area contributed by atoms with Crippen LogP contribution in [0.15, 0.2) is 47.3 Å². The lowest BCUT2D eigenvalue weighted by Crippen LogP contribution is -2.29. The normalized spacial score (nSPS) is 17.1. The van der Waals surface area contributed by atoms with Gasteiger partial charge in [-0.05, 0) is 30.5 Å². The van der Waals surface area contributed by atoms with Crippen LogP contribution in [-0.4, -0.2) is 50.2 Å². The van der Waals surface area contributed by atoms with Gasteiger partial charge in [-0.3, -0.25) is 9.78 Å². The van der Waals surface area contributed by atoms with Crippen molar-refractivity contribution in [2.24, 2.45) is 0 Å². The number of aromatic nitrogens is 4. The fourth-order valence-corrected chi connectivity index (χ4v) is 3.20. The molecule has 8 heteroatoms. The molecular weight excluding hydrogens is 346 g/mol. The monoisotopic (exact) mass is 365 g/mol. The summed E-state index contributed by atoms with van der Waals surface area (Å²) in [5.74, 6) is 0.813. The Morgan fingerprint density at radius 1 is 1.37 bits per heavy atom. The molecule has 1 atom stereocenters. The Morgan fingerprint density at radius 3 is 3.00 bits per heavy atom. The third-order valence-corrected chi connectivity index (χ3v) is 4.49. The summed E-state index contributed by atoms with van der Waals surface area (Å²) in [4.78, 5) is 32.3. The van der Waals surface area contributed by atoms with Gasteiger partial charge in [0.15, 0.2) is 5.82 Å². The number of rotatable bonds is 4. The van der Waals surface area contributed by atoms with Gasteiger partial charge in [-0.1, -0.05) is 24.3 Å². The SMILES string of the molecule is C/C=C/C(=O)N1CC[C@@H](Oc2nc(-c3n[nH]c(=O)[nH]3)cc3ccccc23)C1. The van der Waals surface area contributed by atoms with Crippen LogP contribution in [0.2, 0.25) is 0 Å². The van der Waals surface area contributed by atoms with Crippen molar-refractivity contribution in [2.45, 2.75) is 19.4 Å². The molecule has 0 spiro atoms. The van der Waals surface area contributed by atoms with Crippen molar-refractivity contribution in [3.8, 4) is 17.4 Å². The Labute approximate surface area is 154 Å². The van der Waals surface area contributed by atoms with E-state index in [1.54, 1.807) is 17.1 Å². The van der Waals surface area contributed by atoms with Gasteiger partial charge in [-0.2, -0.15) is 5.10 Å². The standard InChI is InChI=1S/C19H19N5O3/c1-2-5-16(25)24-9-8-13(11-24)27-18-14-7-4-3-6-12(14)10-15(20-18)17-21-19(26)23-22-17/h2-7,10,13H,8-9,11H2,1H3,(H2,21,22,23,26)/b5-2+/t13-/m1/s1. The van der Waals surface area contributed by atoms with Crippen LogP contribution < -0.4 is 10.4 Å². The molecule has 1 aliphatic rings. The van der Waals surface area contributed by atoms with Gasteiger partial charge in [-0.15, -0.1) is 0 Å². The van der Waals surface area contributed by atoms with E-state index < -0.39 is 5.69 Å². The Kier molecular flexibility index (Phi) is 4.45. The van der Waals surface area contributed by atoms with Crippen molar-refractivity contribution < 1.29 is 9.53 Å². The number of ether oxygens (including phenoxy) is 1. The number of carbonyl (C=O) groups excluding carboxylic acids is 1. The van der Waals surface area contributed by atoms with Gasteiger partial charge in [0.2, 0.25) is 11.8 Å². The lowest BCUT2D eigenvalue weighted by molar-refractivity contribution is -0.125. The van der Waals surface area contributed by atoms with Gasteiger partial charge in [-0.25, -0.2) is 14.9 Å². The number of H-pyrrole nitrogens is 2. The Hall–Kier alpha value is -3.42. The van der Waals surface area contributed by atoms with Crippen LogP contribution in [0.25, 0.3) is 22.3 Å². The number of fused-ring (bicyclic) bond motifs is 1. The molecule has 1 saturated heterocycles. The first kappa shape index (κ1) is 17.0. The molecule has 2 N–H and O–H groups in total. The number of nitrogens with one attached hydrogen (secondary N) is 2. The van der Waals surface area contributed by atoms with Crippen molar-refractivity contribution in [3.63, 3.8) is 0 Å². The highest BCUT2D eigenvalue weighted by molar-refractivity contribution is 5.89. The molecule has 0 aliphatic carbocycles. The van der Waals surface area contributed by atoms with Crippen LogP contribution in [0, 0.1) is 0 Å². The summed E-state index contributed by atoms with van der Waals surface area (Å²) < 4.78 is 6.16. The topological polar surface area (TPSA) is 104 Å². The molecular formula is C19H19N5O3. The highest BCUT2D eigenvalue weighted by Gasteiger charge is 2.27. The van der Waals surface area contributed by atoms with Crippen molar-refractivity contribution >= 4 is 16.7 Å². The van der Waals surface area contributed by atoms with Gasteiger partial charge in [0.05, 0.1) is 6.54 Å². The minimum atomic E-state index is -0.392. The maximum Gasteiger partial charge on any atom is 0.340 e. The molecule has 8 nitrogen and oxygen atoms in total. The molecule has 1 aromatic carbocycles. The quantitative estimate of drug-likeness (QED) is 0.687. The van der Waals surface area contributed by atoms with E-state index in [4.69, 9.17) is 4.74 Å². The predicted molar refractivity (Wildman–Crippen MR) is 100 cm³/mol. The molecule has 3 heterocycles. The summed E-state index contributed by atoms with van der Waals surface area (Å²) >= 11 is 0. The molecule has 0 unspecified atom stereocenters. The van der Waals surface area contributed by atoms with E-state index in [0.29, 0.717) is 30.5 Å². The molecule has 4 rings (SSSR count). The van der Waals surface area contributed by atoms with E-state index in [0.717, 1.165) is 17.2 Å². The Bertz CT molecular complexity index is 1070. The zero-order chi connectivity index (χ0) is 18.8. The maximum absolute atomic E-state index is 12.0. The number of amides is 1. The molecule has 3 aromatic rings. The number of benzene rings is 1. The van der Waals surface area contributed by atoms with Crippen LogP contribution in [0.5, 0.6) is 5.88 Å². The lowest BCUT2D eigenvalue weighted by atomic mass is 10.1. The molecule has 1 amide bonds. The van der Waals surface area contributed by atoms with Crippen molar-refractivity contribution in [1.82, 2.24) is 25.1 Å². The third-order valence-electron chi connectivity index (χ3n) is 4.49. The zero-order valence-corrected chi connectivity index (χ0v) is 14.8. The molecule has 0 radical (unpaired) electrons. The summed E-state index contributed by atoms with van der Waals surface area (Å²) in [6.45, 7) is 2.99. The van der Waals surface area contributed by atoms with Gasteiger partial charge in [0.25, 0.3) is 0 Å². The highest BCUT2D eigenvalue weighted by atomic mass is 16.5. The molecule has 2 aromatic heterocycles. The zero-order valence-electron chi connectivity index (χ0n) is 14.8. The van der Waals surface area contributed by atoms with Crippen LogP contribution in [-0.2, 0) is 4.79 Å². The lowest BCUT2D eigenvalue weighted by Gasteiger charge is -2.16. The predicted octanol–water partition coefficient (Wildman–Crippen LogP) is 1.87. The second-order valence-electron chi connectivity index (χ2n) is 6.37. The van der Waals surface area contributed by atoms with Crippen LogP contribution in [0.4, 0.5) is 0 Å². The summed E-state index contributed by atoms with van der Waals surface area (Å²) in [6, 6.07) is 9.59. The van der Waals surface area contributed by atoms with Crippen LogP contribution in [0.3, 0.4) is 0 Å². The number of pyridine rings is 1. The largest absolute Gasteiger partial charge is 0.472 e. The average molecular weight is 365 g/mol. The number of nitrogens with zero attached hydrogens (tertiary/aromatic N) is 3. The molecule has 1 fully saturated rings. The van der Waals surface area contributed by atoms with E-state index >= 15 is 0 Å². The minimum absolute atomic E-state index is 0.00994. The number of carbonyl (C=O) groups is 1. The van der Waals surface area contributed by atoms with Crippen molar-refractivity contribution in [1.29, 1.82) is 0 Å². The van der Waals surface area contributed by atoms with Crippen LogP contribution in [0.1, 0.15) is 13.3 Å². The molecule has 27 heavy (non-hydrogen) atoms. The second-order valence-corrected chi connectivity index (χ2v) is 6.37. The smallest absolute Gasteiger partial charge is 0.340 e. The number of hydrogen-bond acceptors (Lipinski definition) is 5. The second kappa shape index (κ2) is 7.06. The van der Waals surface area contributed by atoms with Gasteiger partial charge >= 0.3 is 5.69 Å². The first-order valence-corrected chi connectivity index (χ1v) is 8.77. The van der Waals surface area contributed by atoms with E-state index in [1.165, 1.54) is 0 Å². The number of hydrogen-bond donors (Lipinski definition) is 2. The first-order valence-electron chi connectivity index (χ1n) is 8.77. The van der Waals surface area contributed by atoms with E-state index in [2.05, 4.69) is 20.2 Å². The van der Waals surface area contributed by atoms with Crippen molar-refractivity contribution in [2.75, 3.05) is 13.1 Å². The summed E-state index contributed by atoms with van der Waals surface area (Å²) in [5, 5.41) is 8.10. The fraction of sp³-hybridized carbons (Fsp3) is 0.263. The minimum Gasteiger partial charge on any atom is -0.472 e. The summed E-state index contributed by atoms with van der Waals surface area (Å²) in [6.07, 6.45) is 3.90. The van der Waals surface area contributed by atoms with Gasteiger partial charge < -0.3 is 9.64 Å². The molecule has 1 aliphatic heterocycles. The summed E-state index contributed by atoms with van der Waals surface area (Å²) in [5.41, 5.74) is 0.123. The number of aromatic amines is 2. The van der Waals surface area contributed by atoms with Crippen molar-refractivity contribution in [3.05, 3.63) is 53.0 Å². The average Bonchev–Trinajstić information content (AvgIpc) is 3.31. The molecule has 138 valence electrons. The Morgan fingerprint density at radius 2 is 2.22 bits per heavy atom. The third kappa shape index (κ3) is 3.46. The van der Waals surface area contributed by atoms with Gasteiger partial charge in [0.1, 0.15) is 11.8 Å². The van der Waals surface area contributed by atoms with Gasteiger partial charge in [0, 0.05) is 18.4 Å². The van der Waals surface area contributed by atoms with E-state index in [-0.39, 0.29) is 12.0 Å². The van der Waals surface area contributed by atoms with E-state index in [1.807, 2.05) is 37.3 Å². The molecule has 0 saturated carbocycles. The maximum atomic E-state index is 12.0. The van der Waals surface area contributed by atoms with Crippen LogP contribution >= 0.6 is 0 Å². The Balaban J connectivity index is 1.65. The number of likely N-dealkylation sites (tertiary alicyclic amines) is 1. The van der Waals surface area contributed by atoms with E-state index in [9.17, 15) is 9.59 Å².